The van der Waals surface area contributed by atoms with Crippen LogP contribution in [0.5, 0.6) is 11.5 Å². The summed E-state index contributed by atoms with van der Waals surface area (Å²) in [5, 5.41) is 3.27. The topological polar surface area (TPSA) is 50.8 Å². The van der Waals surface area contributed by atoms with Crippen molar-refractivity contribution in [2.45, 2.75) is 26.2 Å². The van der Waals surface area contributed by atoms with Gasteiger partial charge in [-0.05, 0) is 30.9 Å². The van der Waals surface area contributed by atoms with Crippen LogP contribution < -0.4 is 14.8 Å². The number of nitrogens with zero attached hydrogens (tertiary/aromatic N) is 1. The lowest BCUT2D eigenvalue weighted by molar-refractivity contribution is -0.132. The van der Waals surface area contributed by atoms with Crippen LogP contribution in [0.15, 0.2) is 18.2 Å². The molecule has 1 unspecified atom stereocenters. The quantitative estimate of drug-likeness (QED) is 0.878. The number of methoxy groups -OCH3 is 2. The number of benzene rings is 1. The Hall–Kier alpha value is -1.91. The number of ether oxygens (including phenoxy) is 2. The highest BCUT2D eigenvalue weighted by molar-refractivity contribution is 5.77. The number of piperidine rings is 1. The third kappa shape index (κ3) is 4.29. The van der Waals surface area contributed by atoms with Gasteiger partial charge in [-0.3, -0.25) is 4.79 Å². The van der Waals surface area contributed by atoms with Gasteiger partial charge in [0.05, 0.1) is 19.9 Å². The van der Waals surface area contributed by atoms with Gasteiger partial charge < -0.3 is 19.7 Å². The molecule has 0 aromatic heterocycles. The number of amides is 1. The third-order valence-electron chi connectivity index (χ3n) is 4.07. The van der Waals surface area contributed by atoms with Crippen LogP contribution >= 0.6 is 0 Å². The zero-order valence-corrected chi connectivity index (χ0v) is 13.7. The molecule has 1 N–H and O–H groups in total. The maximum absolute atomic E-state index is 12.2. The molecule has 1 heterocycles. The number of carbonyl (C=O) groups excluding carboxylic acids is 1. The number of carbonyl (C=O) groups is 1. The molecule has 5 nitrogen and oxygen atoms in total. The molecule has 2 rings (SSSR count). The summed E-state index contributed by atoms with van der Waals surface area (Å²) < 4.78 is 10.5. The summed E-state index contributed by atoms with van der Waals surface area (Å²) in [6.07, 6.45) is 2.85. The van der Waals surface area contributed by atoms with Gasteiger partial charge in [-0.1, -0.05) is 6.92 Å². The van der Waals surface area contributed by atoms with Crippen molar-refractivity contribution >= 4 is 11.6 Å². The lowest BCUT2D eigenvalue weighted by Crippen LogP contribution is -2.39. The first-order chi connectivity index (χ1) is 10.6. The molecule has 1 aliphatic heterocycles. The monoisotopic (exact) mass is 306 g/mol. The van der Waals surface area contributed by atoms with Gasteiger partial charge in [0.15, 0.2) is 0 Å². The molecule has 1 amide bonds. The highest BCUT2D eigenvalue weighted by Gasteiger charge is 2.20. The standard InChI is InChI=1S/C17H26N2O3/c1-13-5-4-10-19(12-13)17(20)8-9-18-15-7-6-14(21-2)11-16(15)22-3/h6-7,11,13,18H,4-5,8-10,12H2,1-3H3. The van der Waals surface area contributed by atoms with Gasteiger partial charge in [-0.25, -0.2) is 0 Å². The Balaban J connectivity index is 1.84. The highest BCUT2D eigenvalue weighted by Crippen LogP contribution is 2.28. The van der Waals surface area contributed by atoms with Gasteiger partial charge in [0.2, 0.25) is 5.91 Å². The summed E-state index contributed by atoms with van der Waals surface area (Å²) in [4.78, 5) is 14.2. The van der Waals surface area contributed by atoms with Gasteiger partial charge >= 0.3 is 0 Å². The Morgan fingerprint density at radius 2 is 2.18 bits per heavy atom. The second-order valence-electron chi connectivity index (χ2n) is 5.83. The van der Waals surface area contributed by atoms with Crippen molar-refractivity contribution < 1.29 is 14.3 Å². The van der Waals surface area contributed by atoms with Crippen molar-refractivity contribution in [3.8, 4) is 11.5 Å². The van der Waals surface area contributed by atoms with Crippen molar-refractivity contribution in [3.63, 3.8) is 0 Å². The molecule has 1 fully saturated rings. The van der Waals surface area contributed by atoms with Crippen LogP contribution in [0.4, 0.5) is 5.69 Å². The molecule has 1 aliphatic rings. The second-order valence-corrected chi connectivity index (χ2v) is 5.83. The molecule has 1 saturated heterocycles. The summed E-state index contributed by atoms with van der Waals surface area (Å²) in [6.45, 7) is 4.60. The summed E-state index contributed by atoms with van der Waals surface area (Å²) in [7, 11) is 3.25. The summed E-state index contributed by atoms with van der Waals surface area (Å²) >= 11 is 0. The number of hydrogen-bond acceptors (Lipinski definition) is 4. The van der Waals surface area contributed by atoms with E-state index in [9.17, 15) is 4.79 Å². The van der Waals surface area contributed by atoms with Gasteiger partial charge in [-0.15, -0.1) is 0 Å². The largest absolute Gasteiger partial charge is 0.497 e. The molecular weight excluding hydrogens is 280 g/mol. The molecule has 0 aliphatic carbocycles. The Bertz CT molecular complexity index is 505. The van der Waals surface area contributed by atoms with Crippen LogP contribution in [-0.2, 0) is 4.79 Å². The summed E-state index contributed by atoms with van der Waals surface area (Å²) in [6, 6.07) is 5.61. The van der Waals surface area contributed by atoms with E-state index in [-0.39, 0.29) is 5.91 Å². The second kappa shape index (κ2) is 7.92. The first-order valence-corrected chi connectivity index (χ1v) is 7.87. The minimum Gasteiger partial charge on any atom is -0.497 e. The van der Waals surface area contributed by atoms with E-state index in [1.54, 1.807) is 14.2 Å². The van der Waals surface area contributed by atoms with E-state index in [0.717, 1.165) is 36.7 Å². The van der Waals surface area contributed by atoms with E-state index < -0.39 is 0 Å². The summed E-state index contributed by atoms with van der Waals surface area (Å²) in [5.41, 5.74) is 0.878. The number of rotatable bonds is 6. The van der Waals surface area contributed by atoms with Crippen molar-refractivity contribution in [2.75, 3.05) is 39.2 Å². The average Bonchev–Trinajstić information content (AvgIpc) is 2.54. The molecule has 0 bridgehead atoms. The number of hydrogen-bond donors (Lipinski definition) is 1. The van der Waals surface area contributed by atoms with Gasteiger partial charge in [-0.2, -0.15) is 0 Å². The van der Waals surface area contributed by atoms with Gasteiger partial charge in [0.25, 0.3) is 0 Å². The minimum absolute atomic E-state index is 0.228. The van der Waals surface area contributed by atoms with E-state index in [2.05, 4.69) is 12.2 Å². The zero-order chi connectivity index (χ0) is 15.9. The number of anilines is 1. The predicted octanol–water partition coefficient (Wildman–Crippen LogP) is 2.76. The molecule has 0 spiro atoms. The normalized spacial score (nSPS) is 18.0. The van der Waals surface area contributed by atoms with Crippen LogP contribution in [0.3, 0.4) is 0 Å². The molecule has 1 atom stereocenters. The predicted molar refractivity (Wildman–Crippen MR) is 87.6 cm³/mol. The maximum Gasteiger partial charge on any atom is 0.224 e. The smallest absolute Gasteiger partial charge is 0.224 e. The molecule has 0 saturated carbocycles. The van der Waals surface area contributed by atoms with Crippen LogP contribution in [0.2, 0.25) is 0 Å². The van der Waals surface area contributed by atoms with Crippen molar-refractivity contribution in [3.05, 3.63) is 18.2 Å². The minimum atomic E-state index is 0.228. The third-order valence-corrected chi connectivity index (χ3v) is 4.07. The molecule has 1 aromatic carbocycles. The Kier molecular flexibility index (Phi) is 5.92. The van der Waals surface area contributed by atoms with Gasteiger partial charge in [0.1, 0.15) is 11.5 Å². The molecular formula is C17H26N2O3. The highest BCUT2D eigenvalue weighted by atomic mass is 16.5. The van der Waals surface area contributed by atoms with Crippen molar-refractivity contribution in [2.24, 2.45) is 5.92 Å². The zero-order valence-electron chi connectivity index (χ0n) is 13.7. The van der Waals surface area contributed by atoms with E-state index in [1.165, 1.54) is 6.42 Å². The van der Waals surface area contributed by atoms with Crippen molar-refractivity contribution in [1.82, 2.24) is 4.90 Å². The van der Waals surface area contributed by atoms with E-state index >= 15 is 0 Å². The van der Waals surface area contributed by atoms with E-state index in [0.29, 0.717) is 18.9 Å². The van der Waals surface area contributed by atoms with E-state index in [4.69, 9.17) is 9.47 Å². The average molecular weight is 306 g/mol. The van der Waals surface area contributed by atoms with Gasteiger partial charge in [0, 0.05) is 32.1 Å². The lowest BCUT2D eigenvalue weighted by atomic mass is 10.00. The first-order valence-electron chi connectivity index (χ1n) is 7.87. The van der Waals surface area contributed by atoms with Crippen LogP contribution in [0, 0.1) is 5.92 Å². The fourth-order valence-electron chi connectivity index (χ4n) is 2.82. The number of nitrogens with one attached hydrogen (secondary N) is 1. The molecule has 22 heavy (non-hydrogen) atoms. The molecule has 5 heteroatoms. The molecule has 0 radical (unpaired) electrons. The SMILES string of the molecule is COc1ccc(NCCC(=O)N2CCCC(C)C2)c(OC)c1. The van der Waals surface area contributed by atoms with E-state index in [1.807, 2.05) is 23.1 Å². The lowest BCUT2D eigenvalue weighted by Gasteiger charge is -2.31. The Morgan fingerprint density at radius 1 is 1.36 bits per heavy atom. The van der Waals surface area contributed by atoms with Crippen LogP contribution in [0.25, 0.3) is 0 Å². The number of likely N-dealkylation sites (tertiary alicyclic amines) is 1. The summed E-state index contributed by atoms with van der Waals surface area (Å²) in [5.74, 6) is 2.32. The fraction of sp³-hybridized carbons (Fsp3) is 0.588. The van der Waals surface area contributed by atoms with Crippen molar-refractivity contribution in [1.29, 1.82) is 0 Å². The molecule has 122 valence electrons. The van der Waals surface area contributed by atoms with Crippen LogP contribution in [0.1, 0.15) is 26.2 Å². The molecule has 1 aromatic rings. The van der Waals surface area contributed by atoms with Crippen LogP contribution in [-0.4, -0.2) is 44.7 Å². The fourth-order valence-corrected chi connectivity index (χ4v) is 2.82. The Morgan fingerprint density at radius 3 is 2.86 bits per heavy atom. The first kappa shape index (κ1) is 16.5. The maximum atomic E-state index is 12.2. The Labute approximate surface area is 132 Å².